The topological polar surface area (TPSA) is 51.5 Å². The van der Waals surface area contributed by atoms with Crippen molar-refractivity contribution in [3.8, 4) is 33.8 Å². The van der Waals surface area contributed by atoms with Crippen molar-refractivity contribution in [2.45, 2.75) is 6.61 Å². The van der Waals surface area contributed by atoms with E-state index in [0.717, 1.165) is 21.8 Å². The van der Waals surface area contributed by atoms with Gasteiger partial charge < -0.3 is 14.2 Å². The first-order valence-corrected chi connectivity index (χ1v) is 8.68. The maximum Gasteiger partial charge on any atom is 0.231 e. The Bertz CT molecular complexity index is 878. The van der Waals surface area contributed by atoms with E-state index in [9.17, 15) is 5.26 Å². The first-order chi connectivity index (χ1) is 11.3. The molecule has 2 aromatic heterocycles. The molecule has 4 rings (SSSR count). The number of nitrogens with zero attached hydrogens (tertiary/aromatic N) is 1. The third-order valence-electron chi connectivity index (χ3n) is 3.48. The molecule has 4 nitrogen and oxygen atoms in total. The summed E-state index contributed by atoms with van der Waals surface area (Å²) in [6.07, 6.45) is 0. The summed E-state index contributed by atoms with van der Waals surface area (Å²) in [5.74, 6) is 1.44. The van der Waals surface area contributed by atoms with Crippen LogP contribution in [-0.4, -0.2) is 6.79 Å². The summed E-state index contributed by atoms with van der Waals surface area (Å²) >= 11 is 3.08. The number of hydrogen-bond donors (Lipinski definition) is 0. The van der Waals surface area contributed by atoms with Crippen LogP contribution in [0.1, 0.15) is 10.4 Å². The molecule has 0 saturated carbocycles. The quantitative estimate of drug-likeness (QED) is 0.693. The highest BCUT2D eigenvalue weighted by molar-refractivity contribution is 7.12. The van der Waals surface area contributed by atoms with Gasteiger partial charge in [-0.05, 0) is 29.1 Å². The van der Waals surface area contributed by atoms with Crippen molar-refractivity contribution in [3.05, 3.63) is 51.5 Å². The first kappa shape index (κ1) is 14.1. The SMILES string of the molecule is N#Cc1c(-c2ccc3c(c2)OCO3)csc1OCc1cccs1. The second-order valence-corrected chi connectivity index (χ2v) is 6.73. The number of nitriles is 1. The Morgan fingerprint density at radius 3 is 2.91 bits per heavy atom. The van der Waals surface area contributed by atoms with Crippen LogP contribution in [-0.2, 0) is 6.61 Å². The molecule has 1 aliphatic heterocycles. The van der Waals surface area contributed by atoms with Crippen molar-refractivity contribution in [1.82, 2.24) is 0 Å². The average Bonchev–Trinajstić information content (AvgIpc) is 3.31. The summed E-state index contributed by atoms with van der Waals surface area (Å²) < 4.78 is 16.5. The molecule has 0 saturated heterocycles. The Balaban J connectivity index is 1.63. The van der Waals surface area contributed by atoms with E-state index in [2.05, 4.69) is 6.07 Å². The van der Waals surface area contributed by atoms with Crippen molar-refractivity contribution in [2.24, 2.45) is 0 Å². The average molecular weight is 341 g/mol. The van der Waals surface area contributed by atoms with Gasteiger partial charge in [0.25, 0.3) is 0 Å². The number of ether oxygens (including phenoxy) is 3. The lowest BCUT2D eigenvalue weighted by atomic mass is 10.0. The first-order valence-electron chi connectivity index (χ1n) is 6.92. The minimum Gasteiger partial charge on any atom is -0.477 e. The maximum absolute atomic E-state index is 9.52. The van der Waals surface area contributed by atoms with Gasteiger partial charge in [0.15, 0.2) is 16.6 Å². The molecular weight excluding hydrogens is 330 g/mol. The summed E-state index contributed by atoms with van der Waals surface area (Å²) in [6, 6.07) is 12.0. The van der Waals surface area contributed by atoms with Gasteiger partial charge in [-0.25, -0.2) is 0 Å². The third-order valence-corrected chi connectivity index (χ3v) is 5.22. The molecule has 1 aliphatic rings. The fraction of sp³-hybridized carbons (Fsp3) is 0.118. The lowest BCUT2D eigenvalue weighted by molar-refractivity contribution is 0.174. The second-order valence-electron chi connectivity index (χ2n) is 4.86. The lowest BCUT2D eigenvalue weighted by Crippen LogP contribution is -1.93. The van der Waals surface area contributed by atoms with E-state index >= 15 is 0 Å². The van der Waals surface area contributed by atoms with Gasteiger partial charge in [0.1, 0.15) is 18.2 Å². The molecule has 3 aromatic rings. The Morgan fingerprint density at radius 2 is 2.09 bits per heavy atom. The van der Waals surface area contributed by atoms with Crippen LogP contribution >= 0.6 is 22.7 Å². The highest BCUT2D eigenvalue weighted by Gasteiger charge is 2.18. The number of benzene rings is 1. The van der Waals surface area contributed by atoms with Crippen molar-refractivity contribution in [3.63, 3.8) is 0 Å². The van der Waals surface area contributed by atoms with Crippen LogP contribution in [0.4, 0.5) is 0 Å². The molecule has 3 heterocycles. The van der Waals surface area contributed by atoms with E-state index in [1.165, 1.54) is 11.3 Å². The largest absolute Gasteiger partial charge is 0.477 e. The fourth-order valence-corrected chi connectivity index (χ4v) is 3.86. The highest BCUT2D eigenvalue weighted by atomic mass is 32.1. The Hall–Kier alpha value is -2.49. The van der Waals surface area contributed by atoms with E-state index in [-0.39, 0.29) is 6.79 Å². The molecule has 0 atom stereocenters. The van der Waals surface area contributed by atoms with Gasteiger partial charge in [-0.15, -0.1) is 22.7 Å². The van der Waals surface area contributed by atoms with Crippen LogP contribution in [0.15, 0.2) is 41.1 Å². The van der Waals surface area contributed by atoms with Crippen molar-refractivity contribution in [1.29, 1.82) is 5.26 Å². The second kappa shape index (κ2) is 5.95. The zero-order valence-corrected chi connectivity index (χ0v) is 13.6. The number of hydrogen-bond acceptors (Lipinski definition) is 6. The molecule has 114 valence electrons. The van der Waals surface area contributed by atoms with Crippen LogP contribution in [0.5, 0.6) is 16.6 Å². The maximum atomic E-state index is 9.52. The molecule has 23 heavy (non-hydrogen) atoms. The number of thiophene rings is 2. The zero-order valence-electron chi connectivity index (χ0n) is 11.9. The molecule has 0 bridgehead atoms. The van der Waals surface area contributed by atoms with E-state index in [1.807, 2.05) is 41.1 Å². The summed E-state index contributed by atoms with van der Waals surface area (Å²) in [6.45, 7) is 0.718. The van der Waals surface area contributed by atoms with Crippen LogP contribution in [0, 0.1) is 11.3 Å². The standard InChI is InChI=1S/C17H11NO3S2/c18-7-13-14(11-3-4-15-16(6-11)21-10-20-15)9-23-17(13)19-8-12-2-1-5-22-12/h1-6,9H,8,10H2. The summed E-state index contributed by atoms with van der Waals surface area (Å²) in [7, 11) is 0. The van der Waals surface area contributed by atoms with Gasteiger partial charge in [0.05, 0.1) is 0 Å². The molecule has 1 aromatic carbocycles. The molecule has 0 N–H and O–H groups in total. The monoisotopic (exact) mass is 341 g/mol. The predicted molar refractivity (Wildman–Crippen MR) is 89.2 cm³/mol. The van der Waals surface area contributed by atoms with Crippen LogP contribution in [0.25, 0.3) is 11.1 Å². The molecule has 0 spiro atoms. The van der Waals surface area contributed by atoms with E-state index in [1.54, 1.807) is 11.3 Å². The number of fused-ring (bicyclic) bond motifs is 1. The summed E-state index contributed by atoms with van der Waals surface area (Å²) in [5, 5.41) is 14.1. The fourth-order valence-electron chi connectivity index (χ4n) is 2.36. The normalized spacial score (nSPS) is 12.1. The molecule has 0 radical (unpaired) electrons. The van der Waals surface area contributed by atoms with Gasteiger partial charge in [-0.3, -0.25) is 0 Å². The third kappa shape index (κ3) is 2.65. The zero-order chi connectivity index (χ0) is 15.6. The van der Waals surface area contributed by atoms with Crippen molar-refractivity contribution in [2.75, 3.05) is 6.79 Å². The van der Waals surface area contributed by atoms with Crippen LogP contribution < -0.4 is 14.2 Å². The van der Waals surface area contributed by atoms with Crippen LogP contribution in [0.3, 0.4) is 0 Å². The van der Waals surface area contributed by atoms with E-state index < -0.39 is 0 Å². The molecule has 0 amide bonds. The predicted octanol–water partition coefficient (Wildman–Crippen LogP) is 4.66. The van der Waals surface area contributed by atoms with Gasteiger partial charge in [0, 0.05) is 15.8 Å². The minimum atomic E-state index is 0.239. The Morgan fingerprint density at radius 1 is 1.17 bits per heavy atom. The number of rotatable bonds is 4. The summed E-state index contributed by atoms with van der Waals surface area (Å²) in [5.41, 5.74) is 2.34. The van der Waals surface area contributed by atoms with Crippen LogP contribution in [0.2, 0.25) is 0 Å². The van der Waals surface area contributed by atoms with E-state index in [4.69, 9.17) is 14.2 Å². The summed E-state index contributed by atoms with van der Waals surface area (Å²) in [4.78, 5) is 1.13. The van der Waals surface area contributed by atoms with Gasteiger partial charge in [0.2, 0.25) is 6.79 Å². The Labute approximate surface area is 141 Å². The van der Waals surface area contributed by atoms with Gasteiger partial charge >= 0.3 is 0 Å². The molecule has 0 unspecified atom stereocenters. The molecule has 0 fully saturated rings. The van der Waals surface area contributed by atoms with Gasteiger partial charge in [-0.2, -0.15) is 5.26 Å². The Kier molecular flexibility index (Phi) is 3.66. The van der Waals surface area contributed by atoms with Crippen molar-refractivity contribution < 1.29 is 14.2 Å². The van der Waals surface area contributed by atoms with Gasteiger partial charge in [-0.1, -0.05) is 12.1 Å². The van der Waals surface area contributed by atoms with E-state index in [0.29, 0.717) is 23.0 Å². The van der Waals surface area contributed by atoms with Crippen molar-refractivity contribution >= 4 is 22.7 Å². The highest BCUT2D eigenvalue weighted by Crippen LogP contribution is 2.41. The molecule has 0 aliphatic carbocycles. The smallest absolute Gasteiger partial charge is 0.231 e. The lowest BCUT2D eigenvalue weighted by Gasteiger charge is -2.04. The minimum absolute atomic E-state index is 0.239. The molecule has 6 heteroatoms. The molecular formula is C17H11NO3S2.